The van der Waals surface area contributed by atoms with E-state index in [0.717, 1.165) is 18.1 Å². The summed E-state index contributed by atoms with van der Waals surface area (Å²) in [5.74, 6) is 0.867. The highest BCUT2D eigenvalue weighted by Gasteiger charge is 2.26. The summed E-state index contributed by atoms with van der Waals surface area (Å²) in [4.78, 5) is 9.19. The summed E-state index contributed by atoms with van der Waals surface area (Å²) < 4.78 is 0. The van der Waals surface area contributed by atoms with Gasteiger partial charge in [0.1, 0.15) is 5.82 Å². The molecule has 1 N–H and O–H groups in total. The molecule has 0 spiro atoms. The molecule has 2 rings (SSSR count). The van der Waals surface area contributed by atoms with E-state index in [0.29, 0.717) is 6.04 Å². The molecule has 0 unspecified atom stereocenters. The molecule has 0 saturated heterocycles. The number of hydrogen-bond donors (Lipinski definition) is 1. The number of aromatic nitrogens is 2. The Labute approximate surface area is 121 Å². The van der Waals surface area contributed by atoms with Crippen LogP contribution in [0.2, 0.25) is 0 Å². The smallest absolute Gasteiger partial charge is 0.138 e. The maximum absolute atomic E-state index is 4.72. The van der Waals surface area contributed by atoms with Crippen LogP contribution in [0.25, 0.3) is 0 Å². The predicted molar refractivity (Wildman–Crippen MR) is 82.6 cm³/mol. The molecule has 0 radical (unpaired) electrons. The molecule has 1 aromatic heterocycles. The van der Waals surface area contributed by atoms with Crippen LogP contribution in [-0.2, 0) is 12.0 Å². The van der Waals surface area contributed by atoms with Crippen molar-refractivity contribution in [2.75, 3.05) is 0 Å². The van der Waals surface area contributed by atoms with Crippen molar-refractivity contribution in [3.63, 3.8) is 0 Å². The van der Waals surface area contributed by atoms with Crippen molar-refractivity contribution in [3.8, 4) is 0 Å². The van der Waals surface area contributed by atoms with E-state index < -0.39 is 0 Å². The van der Waals surface area contributed by atoms with Crippen molar-refractivity contribution >= 4 is 0 Å². The predicted octanol–water partition coefficient (Wildman–Crippen LogP) is 3.30. The second kappa shape index (κ2) is 6.14. The summed E-state index contributed by atoms with van der Waals surface area (Å²) in [5.41, 5.74) is 2.08. The number of benzene rings is 1. The Balaban J connectivity index is 2.26. The zero-order chi connectivity index (χ0) is 14.6. The Morgan fingerprint density at radius 1 is 1.10 bits per heavy atom. The van der Waals surface area contributed by atoms with E-state index in [1.54, 1.807) is 0 Å². The van der Waals surface area contributed by atoms with Crippen molar-refractivity contribution in [1.29, 1.82) is 0 Å². The highest BCUT2D eigenvalue weighted by atomic mass is 15.0. The van der Waals surface area contributed by atoms with Crippen LogP contribution in [0.3, 0.4) is 0 Å². The van der Waals surface area contributed by atoms with Crippen molar-refractivity contribution in [1.82, 2.24) is 15.3 Å². The second-order valence-electron chi connectivity index (χ2n) is 5.90. The van der Waals surface area contributed by atoms with Gasteiger partial charge in [0, 0.05) is 24.2 Å². The third kappa shape index (κ3) is 3.42. The highest BCUT2D eigenvalue weighted by molar-refractivity contribution is 5.30. The number of nitrogens with zero attached hydrogens (tertiary/aromatic N) is 2. The monoisotopic (exact) mass is 269 g/mol. The van der Waals surface area contributed by atoms with Crippen LogP contribution in [0.4, 0.5) is 0 Å². The molecule has 0 atom stereocenters. The molecule has 0 fully saturated rings. The summed E-state index contributed by atoms with van der Waals surface area (Å²) >= 11 is 0. The van der Waals surface area contributed by atoms with Crippen molar-refractivity contribution in [3.05, 3.63) is 59.7 Å². The molecular formula is C17H23N3. The molecule has 0 bridgehead atoms. The third-order valence-corrected chi connectivity index (χ3v) is 3.46. The summed E-state index contributed by atoms with van der Waals surface area (Å²) in [5, 5.41) is 3.39. The minimum Gasteiger partial charge on any atom is -0.309 e. The largest absolute Gasteiger partial charge is 0.309 e. The van der Waals surface area contributed by atoms with E-state index in [-0.39, 0.29) is 5.41 Å². The maximum Gasteiger partial charge on any atom is 0.138 e. The molecule has 1 aromatic carbocycles. The van der Waals surface area contributed by atoms with E-state index in [1.807, 2.05) is 18.3 Å². The van der Waals surface area contributed by atoms with E-state index in [4.69, 9.17) is 4.98 Å². The number of nitrogens with one attached hydrogen (secondary N) is 1. The lowest BCUT2D eigenvalue weighted by Gasteiger charge is -2.24. The zero-order valence-corrected chi connectivity index (χ0v) is 12.7. The van der Waals surface area contributed by atoms with Crippen molar-refractivity contribution in [2.24, 2.45) is 0 Å². The zero-order valence-electron chi connectivity index (χ0n) is 12.7. The Hall–Kier alpha value is -1.74. The van der Waals surface area contributed by atoms with Gasteiger partial charge in [0.05, 0.1) is 5.69 Å². The fraction of sp³-hybridized carbons (Fsp3) is 0.412. The molecule has 2 aromatic rings. The van der Waals surface area contributed by atoms with Crippen molar-refractivity contribution < 1.29 is 0 Å². The summed E-state index contributed by atoms with van der Waals surface area (Å²) in [6.45, 7) is 9.37. The van der Waals surface area contributed by atoms with Crippen LogP contribution in [-0.4, -0.2) is 16.0 Å². The first-order valence-electron chi connectivity index (χ1n) is 7.11. The maximum atomic E-state index is 4.72. The van der Waals surface area contributed by atoms with E-state index >= 15 is 0 Å². The van der Waals surface area contributed by atoms with Gasteiger partial charge in [-0.1, -0.05) is 44.2 Å². The summed E-state index contributed by atoms with van der Waals surface area (Å²) in [7, 11) is 0. The minimum absolute atomic E-state index is 0.185. The Morgan fingerprint density at radius 2 is 1.80 bits per heavy atom. The van der Waals surface area contributed by atoms with Crippen LogP contribution in [0.5, 0.6) is 0 Å². The molecule has 1 heterocycles. The van der Waals surface area contributed by atoms with E-state index in [2.05, 4.69) is 62.3 Å². The van der Waals surface area contributed by atoms with Crippen LogP contribution in [0, 0.1) is 0 Å². The van der Waals surface area contributed by atoms with Gasteiger partial charge in [-0.2, -0.15) is 0 Å². The molecule has 20 heavy (non-hydrogen) atoms. The Bertz CT molecular complexity index is 547. The molecule has 3 nitrogen and oxygen atoms in total. The van der Waals surface area contributed by atoms with Gasteiger partial charge in [-0.15, -0.1) is 0 Å². The van der Waals surface area contributed by atoms with Crippen LogP contribution < -0.4 is 5.32 Å². The SMILES string of the molecule is CC(C)NCc1ccnc(C(C)(C)c2ccccc2)n1. The first-order valence-corrected chi connectivity index (χ1v) is 7.11. The molecule has 106 valence electrons. The lowest BCUT2D eigenvalue weighted by atomic mass is 9.84. The van der Waals surface area contributed by atoms with Gasteiger partial charge in [0.2, 0.25) is 0 Å². The lowest BCUT2D eigenvalue weighted by molar-refractivity contribution is 0.557. The first-order chi connectivity index (χ1) is 9.50. The average Bonchev–Trinajstić information content (AvgIpc) is 2.46. The fourth-order valence-corrected chi connectivity index (χ4v) is 2.09. The summed E-state index contributed by atoms with van der Waals surface area (Å²) in [6.07, 6.45) is 1.85. The van der Waals surface area contributed by atoms with Gasteiger partial charge in [-0.05, 0) is 25.5 Å². The molecule has 3 heteroatoms. The standard InChI is InChI=1S/C17H23N3/c1-13(2)19-12-15-10-11-18-16(20-15)17(3,4)14-8-6-5-7-9-14/h5-11,13,19H,12H2,1-4H3. The van der Waals surface area contributed by atoms with Crippen LogP contribution in [0.15, 0.2) is 42.6 Å². The molecule has 0 aliphatic carbocycles. The van der Waals surface area contributed by atoms with Gasteiger partial charge in [-0.25, -0.2) is 9.97 Å². The van der Waals surface area contributed by atoms with Crippen LogP contribution >= 0.6 is 0 Å². The molecule has 0 aliphatic rings. The van der Waals surface area contributed by atoms with Gasteiger partial charge in [0.15, 0.2) is 0 Å². The third-order valence-electron chi connectivity index (χ3n) is 3.46. The van der Waals surface area contributed by atoms with Crippen LogP contribution in [0.1, 0.15) is 44.8 Å². The molecular weight excluding hydrogens is 246 g/mol. The highest BCUT2D eigenvalue weighted by Crippen LogP contribution is 2.28. The first kappa shape index (κ1) is 14.7. The van der Waals surface area contributed by atoms with Gasteiger partial charge < -0.3 is 5.32 Å². The number of rotatable bonds is 5. The quantitative estimate of drug-likeness (QED) is 0.905. The Morgan fingerprint density at radius 3 is 2.45 bits per heavy atom. The number of hydrogen-bond acceptors (Lipinski definition) is 3. The fourth-order valence-electron chi connectivity index (χ4n) is 2.09. The lowest BCUT2D eigenvalue weighted by Crippen LogP contribution is -2.25. The van der Waals surface area contributed by atoms with E-state index in [9.17, 15) is 0 Å². The second-order valence-corrected chi connectivity index (χ2v) is 5.90. The molecule has 0 amide bonds. The van der Waals surface area contributed by atoms with E-state index in [1.165, 1.54) is 5.56 Å². The summed E-state index contributed by atoms with van der Waals surface area (Å²) in [6, 6.07) is 12.8. The van der Waals surface area contributed by atoms with Gasteiger partial charge in [0.25, 0.3) is 0 Å². The van der Waals surface area contributed by atoms with Gasteiger partial charge >= 0.3 is 0 Å². The Kier molecular flexibility index (Phi) is 4.50. The van der Waals surface area contributed by atoms with Crippen molar-refractivity contribution in [2.45, 2.75) is 45.7 Å². The minimum atomic E-state index is -0.185. The van der Waals surface area contributed by atoms with Gasteiger partial charge in [-0.3, -0.25) is 0 Å². The topological polar surface area (TPSA) is 37.8 Å². The molecule has 0 saturated carbocycles. The normalized spacial score (nSPS) is 11.8. The molecule has 0 aliphatic heterocycles. The average molecular weight is 269 g/mol.